The van der Waals surface area contributed by atoms with Gasteiger partial charge in [-0.05, 0) is 116 Å². The Labute approximate surface area is 290 Å². The third kappa shape index (κ3) is 7.00. The van der Waals surface area contributed by atoms with E-state index in [9.17, 15) is 9.90 Å². The Morgan fingerprint density at radius 1 is 0.837 bits per heavy atom. The fraction of sp³-hybridized carbons (Fsp3) is 0.452. The summed E-state index contributed by atoms with van der Waals surface area (Å²) in [5.74, 6) is 2.31. The van der Waals surface area contributed by atoms with E-state index in [4.69, 9.17) is 9.47 Å². The van der Waals surface area contributed by atoms with Gasteiger partial charge >= 0.3 is 6.03 Å². The summed E-state index contributed by atoms with van der Waals surface area (Å²) in [7, 11) is 2.16. The Hall–Kier alpha value is -3.75. The first kappa shape index (κ1) is 32.5. The molecule has 4 saturated carbocycles. The standard InChI is InChI=1S/C42H49N3O4/c1-27(34-15-14-32-6-3-4-7-35(32)19-34)45(2)25-38-21-39(33-12-10-28(26-46)11-13-33)49-40(48-38)36-8-5-9-37(20-36)43-41(47)44-42-22-29-16-30(23-42)18-31(17-29)24-42/h3-15,19-20,27,29-31,38-40,46H,16-18,21-26H2,1-2H3,(H2,43,44,47). The van der Waals surface area contributed by atoms with Crippen LogP contribution in [0.1, 0.15) is 92.6 Å². The molecule has 4 bridgehead atoms. The second-order valence-corrected chi connectivity index (χ2v) is 15.5. The molecule has 9 rings (SSSR count). The summed E-state index contributed by atoms with van der Waals surface area (Å²) >= 11 is 0. The third-order valence-corrected chi connectivity index (χ3v) is 11.9. The van der Waals surface area contributed by atoms with E-state index in [0.29, 0.717) is 6.42 Å². The lowest BCUT2D eigenvalue weighted by Gasteiger charge is -2.56. The van der Waals surface area contributed by atoms with Crippen molar-refractivity contribution < 1.29 is 19.4 Å². The lowest BCUT2D eigenvalue weighted by atomic mass is 9.53. The molecule has 4 atom stereocenters. The molecule has 49 heavy (non-hydrogen) atoms. The quantitative estimate of drug-likeness (QED) is 0.168. The molecule has 1 heterocycles. The maximum atomic E-state index is 13.4. The van der Waals surface area contributed by atoms with E-state index < -0.39 is 6.29 Å². The minimum Gasteiger partial charge on any atom is -0.392 e. The van der Waals surface area contributed by atoms with Crippen LogP contribution in [-0.4, -0.2) is 41.3 Å². The molecule has 1 aliphatic heterocycles. The summed E-state index contributed by atoms with van der Waals surface area (Å²) in [6.07, 6.45) is 7.22. The van der Waals surface area contributed by atoms with E-state index in [1.54, 1.807) is 0 Å². The van der Waals surface area contributed by atoms with Gasteiger partial charge in [-0.15, -0.1) is 0 Å². The van der Waals surface area contributed by atoms with Gasteiger partial charge in [0.15, 0.2) is 6.29 Å². The normalized spacial score (nSPS) is 29.6. The number of carbonyl (C=O) groups excluding carboxylic acids is 1. The van der Waals surface area contributed by atoms with E-state index in [0.717, 1.165) is 65.9 Å². The van der Waals surface area contributed by atoms with Gasteiger partial charge in [0.25, 0.3) is 0 Å². The van der Waals surface area contributed by atoms with Crippen LogP contribution in [0.15, 0.2) is 91.0 Å². The van der Waals surface area contributed by atoms with Gasteiger partial charge < -0.3 is 25.2 Å². The number of benzene rings is 4. The third-order valence-electron chi connectivity index (χ3n) is 11.9. The number of hydrogen-bond donors (Lipinski definition) is 3. The Morgan fingerprint density at radius 2 is 1.55 bits per heavy atom. The SMILES string of the molecule is CC(c1ccc2ccccc2c1)N(C)CC1CC(c2ccc(CO)cc2)OC(c2cccc(NC(=O)NC34CC5CC(CC(C5)C3)C4)c2)O1. The molecular formula is C42H49N3O4. The number of fused-ring (bicyclic) bond motifs is 1. The topological polar surface area (TPSA) is 83.1 Å². The largest absolute Gasteiger partial charge is 0.392 e. The number of amides is 2. The first-order chi connectivity index (χ1) is 23.8. The molecule has 7 nitrogen and oxygen atoms in total. The van der Waals surface area contributed by atoms with Crippen molar-refractivity contribution >= 4 is 22.5 Å². The average Bonchev–Trinajstić information content (AvgIpc) is 3.10. The predicted octanol–water partition coefficient (Wildman–Crippen LogP) is 8.66. The Bertz CT molecular complexity index is 1760. The number of ether oxygens (including phenoxy) is 2. The molecule has 256 valence electrons. The number of hydrogen-bond acceptors (Lipinski definition) is 5. The number of anilines is 1. The summed E-state index contributed by atoms with van der Waals surface area (Å²) in [5.41, 5.74) is 4.77. The van der Waals surface area contributed by atoms with Gasteiger partial charge in [0.1, 0.15) is 0 Å². The minimum absolute atomic E-state index is 0.00779. The van der Waals surface area contributed by atoms with Crippen molar-refractivity contribution in [1.82, 2.24) is 10.2 Å². The van der Waals surface area contributed by atoms with Gasteiger partial charge in [0.05, 0.1) is 18.8 Å². The number of carbonyl (C=O) groups is 1. The molecule has 4 aromatic rings. The molecule has 0 spiro atoms. The number of aliphatic hydroxyl groups excluding tert-OH is 1. The van der Waals surface area contributed by atoms with Gasteiger partial charge in [0, 0.05) is 35.8 Å². The lowest BCUT2D eigenvalue weighted by molar-refractivity contribution is -0.253. The zero-order valence-electron chi connectivity index (χ0n) is 28.7. The molecule has 4 unspecified atom stereocenters. The molecule has 2 amide bonds. The number of nitrogens with zero attached hydrogens (tertiary/aromatic N) is 1. The minimum atomic E-state index is -0.599. The second kappa shape index (κ2) is 13.5. The van der Waals surface area contributed by atoms with Crippen LogP contribution in [0.2, 0.25) is 0 Å². The van der Waals surface area contributed by atoms with Gasteiger partial charge in [-0.2, -0.15) is 0 Å². The van der Waals surface area contributed by atoms with Crippen LogP contribution in [0.3, 0.4) is 0 Å². The van der Waals surface area contributed by atoms with E-state index in [2.05, 4.69) is 72.0 Å². The number of urea groups is 1. The summed E-state index contributed by atoms with van der Waals surface area (Å²) in [4.78, 5) is 15.7. The summed E-state index contributed by atoms with van der Waals surface area (Å²) in [6, 6.07) is 31.2. The Kier molecular flexibility index (Phi) is 8.95. The summed E-state index contributed by atoms with van der Waals surface area (Å²) in [6.45, 7) is 2.98. The van der Waals surface area contributed by atoms with Gasteiger partial charge in [0.2, 0.25) is 0 Å². The van der Waals surface area contributed by atoms with Gasteiger partial charge in [-0.1, -0.05) is 72.8 Å². The van der Waals surface area contributed by atoms with Crippen LogP contribution in [0.25, 0.3) is 10.8 Å². The highest BCUT2D eigenvalue weighted by Gasteiger charge is 2.51. The number of nitrogens with one attached hydrogen (secondary N) is 2. The van der Waals surface area contributed by atoms with Crippen LogP contribution in [0.5, 0.6) is 0 Å². The van der Waals surface area contributed by atoms with Crippen molar-refractivity contribution in [3.05, 3.63) is 113 Å². The van der Waals surface area contributed by atoms with Crippen molar-refractivity contribution in [2.24, 2.45) is 17.8 Å². The van der Waals surface area contributed by atoms with Crippen molar-refractivity contribution in [1.29, 1.82) is 0 Å². The molecule has 5 fully saturated rings. The molecule has 3 N–H and O–H groups in total. The molecule has 4 aromatic carbocycles. The lowest BCUT2D eigenvalue weighted by Crippen LogP contribution is -2.60. The highest BCUT2D eigenvalue weighted by Crippen LogP contribution is 2.55. The van der Waals surface area contributed by atoms with E-state index in [-0.39, 0.29) is 36.4 Å². The van der Waals surface area contributed by atoms with Crippen molar-refractivity contribution in [2.45, 2.75) is 88.6 Å². The Morgan fingerprint density at radius 3 is 2.27 bits per heavy atom. The van der Waals surface area contributed by atoms with E-state index in [1.807, 2.05) is 48.5 Å². The van der Waals surface area contributed by atoms with E-state index >= 15 is 0 Å². The van der Waals surface area contributed by atoms with Crippen LogP contribution in [0.4, 0.5) is 10.5 Å². The summed E-state index contributed by atoms with van der Waals surface area (Å²) in [5, 5.41) is 18.7. The van der Waals surface area contributed by atoms with Crippen LogP contribution < -0.4 is 10.6 Å². The fourth-order valence-electron chi connectivity index (χ4n) is 9.66. The maximum Gasteiger partial charge on any atom is 0.319 e. The molecule has 0 radical (unpaired) electrons. The number of aliphatic hydroxyl groups is 1. The highest BCUT2D eigenvalue weighted by molar-refractivity contribution is 5.90. The molecule has 5 aliphatic rings. The zero-order chi connectivity index (χ0) is 33.5. The molecule has 1 saturated heterocycles. The van der Waals surface area contributed by atoms with Crippen LogP contribution in [-0.2, 0) is 16.1 Å². The average molecular weight is 660 g/mol. The first-order valence-corrected chi connectivity index (χ1v) is 18.2. The van der Waals surface area contributed by atoms with Crippen molar-refractivity contribution in [3.63, 3.8) is 0 Å². The van der Waals surface area contributed by atoms with Gasteiger partial charge in [-0.3, -0.25) is 4.90 Å². The Balaban J connectivity index is 0.984. The fourth-order valence-corrected chi connectivity index (χ4v) is 9.66. The van der Waals surface area contributed by atoms with Crippen LogP contribution >= 0.6 is 0 Å². The smallest absolute Gasteiger partial charge is 0.319 e. The first-order valence-electron chi connectivity index (χ1n) is 18.2. The monoisotopic (exact) mass is 659 g/mol. The van der Waals surface area contributed by atoms with E-state index in [1.165, 1.54) is 35.6 Å². The summed E-state index contributed by atoms with van der Waals surface area (Å²) < 4.78 is 13.4. The van der Waals surface area contributed by atoms with Crippen molar-refractivity contribution in [3.8, 4) is 0 Å². The zero-order valence-corrected chi connectivity index (χ0v) is 28.7. The molecule has 4 aliphatic carbocycles. The second-order valence-electron chi connectivity index (χ2n) is 15.5. The van der Waals surface area contributed by atoms with Crippen molar-refractivity contribution in [2.75, 3.05) is 18.9 Å². The van der Waals surface area contributed by atoms with Crippen LogP contribution in [0, 0.1) is 17.8 Å². The van der Waals surface area contributed by atoms with Gasteiger partial charge in [-0.25, -0.2) is 4.79 Å². The predicted molar refractivity (Wildman–Crippen MR) is 193 cm³/mol. The number of likely N-dealkylation sites (N-methyl/N-ethyl adjacent to an activating group) is 1. The maximum absolute atomic E-state index is 13.4. The highest BCUT2D eigenvalue weighted by atomic mass is 16.7. The molecule has 7 heteroatoms. The number of rotatable bonds is 9. The molecular weight excluding hydrogens is 610 g/mol. The molecule has 0 aromatic heterocycles.